The third-order valence-electron chi connectivity index (χ3n) is 3.52. The van der Waals surface area contributed by atoms with Crippen LogP contribution < -0.4 is 10.1 Å². The Balaban J connectivity index is 1.78. The minimum atomic E-state index is -0.906. The molecule has 0 aliphatic carbocycles. The predicted octanol–water partition coefficient (Wildman–Crippen LogP) is 3.09. The van der Waals surface area contributed by atoms with Crippen molar-refractivity contribution in [3.63, 3.8) is 0 Å². The highest BCUT2D eigenvalue weighted by atomic mass is 16.5. The van der Waals surface area contributed by atoms with Crippen LogP contribution in [0.3, 0.4) is 0 Å². The monoisotopic (exact) mass is 329 g/mol. The highest BCUT2D eigenvalue weighted by molar-refractivity contribution is 5.87. The quantitative estimate of drug-likeness (QED) is 0.656. The maximum Gasteiger partial charge on any atom is 0.335 e. The summed E-state index contributed by atoms with van der Waals surface area (Å²) in [6.45, 7) is 2.73. The molecular weight excluding hydrogens is 306 g/mol. The molecule has 0 fully saturated rings. The molecule has 2 aromatic carbocycles. The van der Waals surface area contributed by atoms with Crippen LogP contribution in [0.4, 0.5) is 0 Å². The van der Waals surface area contributed by atoms with Gasteiger partial charge in [-0.2, -0.15) is 0 Å². The van der Waals surface area contributed by atoms with Gasteiger partial charge in [-0.05, 0) is 35.4 Å². The summed E-state index contributed by atoms with van der Waals surface area (Å²) in [5, 5.41) is 12.2. The number of nitrogens with one attached hydrogen (secondary N) is 1. The zero-order valence-corrected chi connectivity index (χ0v) is 13.8. The number of hydrogen-bond donors (Lipinski definition) is 2. The summed E-state index contributed by atoms with van der Waals surface area (Å²) in [7, 11) is 1.68. The van der Waals surface area contributed by atoms with Gasteiger partial charge in [0.25, 0.3) is 0 Å². The van der Waals surface area contributed by atoms with Crippen LogP contribution >= 0.6 is 0 Å². The van der Waals surface area contributed by atoms with Gasteiger partial charge in [-0.3, -0.25) is 0 Å². The van der Waals surface area contributed by atoms with Gasteiger partial charge in [-0.25, -0.2) is 4.79 Å². The first-order valence-corrected chi connectivity index (χ1v) is 7.92. The molecule has 2 N–H and O–H groups in total. The van der Waals surface area contributed by atoms with Crippen LogP contribution in [0.5, 0.6) is 5.75 Å². The van der Waals surface area contributed by atoms with Gasteiger partial charge >= 0.3 is 5.97 Å². The minimum absolute atomic E-state index is 0.303. The lowest BCUT2D eigenvalue weighted by atomic mass is 10.1. The van der Waals surface area contributed by atoms with E-state index < -0.39 is 5.97 Å². The molecule has 0 spiro atoms. The maximum absolute atomic E-state index is 10.8. The van der Waals surface area contributed by atoms with E-state index in [4.69, 9.17) is 14.6 Å². The van der Waals surface area contributed by atoms with E-state index in [2.05, 4.69) is 5.32 Å². The standard InChI is InChI=1S/C19H23NO4/c1-23-10-3-11-24-18-5-2-4-16(12-18)14-20-13-15-6-8-17(9-7-15)19(21)22/h2,4-9,12,20H,3,10-11,13-14H2,1H3,(H,21,22). The zero-order chi connectivity index (χ0) is 17.2. The van der Waals surface area contributed by atoms with Crippen molar-refractivity contribution in [1.29, 1.82) is 0 Å². The van der Waals surface area contributed by atoms with Gasteiger partial charge < -0.3 is 19.9 Å². The molecule has 0 aliphatic rings. The van der Waals surface area contributed by atoms with Gasteiger partial charge in [-0.15, -0.1) is 0 Å². The number of carbonyl (C=O) groups is 1. The molecule has 2 rings (SSSR count). The molecule has 0 radical (unpaired) electrons. The van der Waals surface area contributed by atoms with E-state index in [0.717, 1.165) is 29.8 Å². The summed E-state index contributed by atoms with van der Waals surface area (Å²) < 4.78 is 10.7. The van der Waals surface area contributed by atoms with Gasteiger partial charge in [0, 0.05) is 33.2 Å². The molecule has 5 heteroatoms. The second kappa shape index (κ2) is 9.70. The Labute approximate surface area is 142 Å². The number of hydrogen-bond acceptors (Lipinski definition) is 4. The van der Waals surface area contributed by atoms with Crippen molar-refractivity contribution in [3.05, 3.63) is 65.2 Å². The molecule has 0 saturated carbocycles. The molecule has 0 bridgehead atoms. The smallest absolute Gasteiger partial charge is 0.335 e. The first-order chi connectivity index (χ1) is 11.7. The van der Waals surface area contributed by atoms with Crippen molar-refractivity contribution in [3.8, 4) is 5.75 Å². The van der Waals surface area contributed by atoms with E-state index in [0.29, 0.717) is 25.3 Å². The number of aromatic carboxylic acids is 1. The van der Waals surface area contributed by atoms with E-state index in [1.165, 1.54) is 0 Å². The lowest BCUT2D eigenvalue weighted by molar-refractivity contribution is 0.0697. The summed E-state index contributed by atoms with van der Waals surface area (Å²) in [4.78, 5) is 10.8. The van der Waals surface area contributed by atoms with Crippen molar-refractivity contribution in [2.75, 3.05) is 20.3 Å². The number of ether oxygens (including phenoxy) is 2. The molecule has 24 heavy (non-hydrogen) atoms. The Hall–Kier alpha value is -2.37. The van der Waals surface area contributed by atoms with Crippen molar-refractivity contribution < 1.29 is 19.4 Å². The molecule has 5 nitrogen and oxygen atoms in total. The number of carboxylic acid groups (broad SMARTS) is 1. The Bertz CT molecular complexity index is 640. The largest absolute Gasteiger partial charge is 0.493 e. The molecule has 0 aliphatic heterocycles. The van der Waals surface area contributed by atoms with Gasteiger partial charge in [-0.1, -0.05) is 24.3 Å². The molecule has 0 unspecified atom stereocenters. The van der Waals surface area contributed by atoms with E-state index in [1.54, 1.807) is 19.2 Å². The molecule has 128 valence electrons. The summed E-state index contributed by atoms with van der Waals surface area (Å²) in [5.74, 6) is -0.0481. The van der Waals surface area contributed by atoms with Gasteiger partial charge in [0.1, 0.15) is 5.75 Å². The fourth-order valence-corrected chi connectivity index (χ4v) is 2.25. The van der Waals surface area contributed by atoms with Gasteiger partial charge in [0.05, 0.1) is 12.2 Å². The Morgan fingerprint density at radius 1 is 1.04 bits per heavy atom. The van der Waals surface area contributed by atoms with Crippen LogP contribution in [0.25, 0.3) is 0 Å². The highest BCUT2D eigenvalue weighted by Crippen LogP contribution is 2.14. The van der Waals surface area contributed by atoms with Crippen LogP contribution in [-0.4, -0.2) is 31.4 Å². The summed E-state index contributed by atoms with van der Waals surface area (Å²) >= 11 is 0. The summed E-state index contributed by atoms with van der Waals surface area (Å²) in [6, 6.07) is 14.9. The molecule has 0 atom stereocenters. The number of carboxylic acids is 1. The first-order valence-electron chi connectivity index (χ1n) is 7.92. The number of benzene rings is 2. The SMILES string of the molecule is COCCCOc1cccc(CNCc2ccc(C(=O)O)cc2)c1. The maximum atomic E-state index is 10.8. The fraction of sp³-hybridized carbons (Fsp3) is 0.316. The van der Waals surface area contributed by atoms with Crippen LogP contribution in [0.15, 0.2) is 48.5 Å². The summed E-state index contributed by atoms with van der Waals surface area (Å²) in [5.41, 5.74) is 2.49. The molecule has 0 aromatic heterocycles. The lowest BCUT2D eigenvalue weighted by Gasteiger charge is -2.09. The summed E-state index contributed by atoms with van der Waals surface area (Å²) in [6.07, 6.45) is 0.866. The molecule has 2 aromatic rings. The van der Waals surface area contributed by atoms with E-state index >= 15 is 0 Å². The van der Waals surface area contributed by atoms with E-state index in [9.17, 15) is 4.79 Å². The van der Waals surface area contributed by atoms with Crippen LogP contribution in [0.2, 0.25) is 0 Å². The van der Waals surface area contributed by atoms with Gasteiger partial charge in [0.2, 0.25) is 0 Å². The Kier molecular flexibility index (Phi) is 7.26. The predicted molar refractivity (Wildman–Crippen MR) is 92.4 cm³/mol. The third-order valence-corrected chi connectivity index (χ3v) is 3.52. The first kappa shape index (κ1) is 18.0. The second-order valence-electron chi connectivity index (χ2n) is 5.45. The zero-order valence-electron chi connectivity index (χ0n) is 13.8. The average Bonchev–Trinajstić information content (AvgIpc) is 2.60. The fourth-order valence-electron chi connectivity index (χ4n) is 2.25. The van der Waals surface area contributed by atoms with Crippen molar-refractivity contribution in [1.82, 2.24) is 5.32 Å². The highest BCUT2D eigenvalue weighted by Gasteiger charge is 2.02. The second-order valence-corrected chi connectivity index (χ2v) is 5.45. The normalized spacial score (nSPS) is 10.5. The number of rotatable bonds is 10. The van der Waals surface area contributed by atoms with Crippen molar-refractivity contribution >= 4 is 5.97 Å². The molecule has 0 heterocycles. The van der Waals surface area contributed by atoms with Crippen molar-refractivity contribution in [2.24, 2.45) is 0 Å². The number of methoxy groups -OCH3 is 1. The van der Waals surface area contributed by atoms with Crippen LogP contribution in [0, 0.1) is 0 Å². The molecule has 0 amide bonds. The van der Waals surface area contributed by atoms with Crippen molar-refractivity contribution in [2.45, 2.75) is 19.5 Å². The molecule has 0 saturated heterocycles. The lowest BCUT2D eigenvalue weighted by Crippen LogP contribution is -2.13. The van der Waals surface area contributed by atoms with Crippen LogP contribution in [0.1, 0.15) is 27.9 Å². The minimum Gasteiger partial charge on any atom is -0.493 e. The average molecular weight is 329 g/mol. The van der Waals surface area contributed by atoms with Crippen LogP contribution in [-0.2, 0) is 17.8 Å². The van der Waals surface area contributed by atoms with E-state index in [-0.39, 0.29) is 0 Å². The Morgan fingerprint density at radius 3 is 2.50 bits per heavy atom. The topological polar surface area (TPSA) is 67.8 Å². The van der Waals surface area contributed by atoms with E-state index in [1.807, 2.05) is 36.4 Å². The van der Waals surface area contributed by atoms with Gasteiger partial charge in [0.15, 0.2) is 0 Å². The Morgan fingerprint density at radius 2 is 1.79 bits per heavy atom. The molecular formula is C19H23NO4. The third kappa shape index (κ3) is 6.02.